The molecule has 0 amide bonds. The summed E-state index contributed by atoms with van der Waals surface area (Å²) in [5, 5.41) is 3.28. The Labute approximate surface area is 72.0 Å². The summed E-state index contributed by atoms with van der Waals surface area (Å²) in [4.78, 5) is 4.29. The van der Waals surface area contributed by atoms with Gasteiger partial charge in [-0.05, 0) is 6.07 Å². The van der Waals surface area contributed by atoms with E-state index >= 15 is 0 Å². The Morgan fingerprint density at radius 1 is 1.58 bits per heavy atom. The van der Waals surface area contributed by atoms with Gasteiger partial charge in [-0.15, -0.1) is 6.42 Å². The van der Waals surface area contributed by atoms with Crippen LogP contribution in [0.25, 0.3) is 0 Å². The van der Waals surface area contributed by atoms with E-state index in [1.54, 1.807) is 6.20 Å². The number of pyridine rings is 1. The SMILES string of the molecule is C#Cc1ccnc2c1CNCC2. The van der Waals surface area contributed by atoms with E-state index < -0.39 is 0 Å². The van der Waals surface area contributed by atoms with E-state index in [1.165, 1.54) is 5.56 Å². The Balaban J connectivity index is 2.53. The van der Waals surface area contributed by atoms with Gasteiger partial charge in [0.05, 0.1) is 0 Å². The highest BCUT2D eigenvalue weighted by Crippen LogP contribution is 2.14. The van der Waals surface area contributed by atoms with Crippen LogP contribution in [0.15, 0.2) is 12.3 Å². The maximum atomic E-state index is 5.37. The summed E-state index contributed by atoms with van der Waals surface area (Å²) in [6.07, 6.45) is 8.15. The van der Waals surface area contributed by atoms with Crippen molar-refractivity contribution in [3.05, 3.63) is 29.1 Å². The fourth-order valence-electron chi connectivity index (χ4n) is 1.50. The Hall–Kier alpha value is -1.33. The molecule has 12 heavy (non-hydrogen) atoms. The number of terminal acetylenes is 1. The molecule has 2 nitrogen and oxygen atoms in total. The summed E-state index contributed by atoms with van der Waals surface area (Å²) in [6.45, 7) is 1.87. The highest BCUT2D eigenvalue weighted by Gasteiger charge is 2.11. The molecule has 1 aromatic rings. The second-order valence-electron chi connectivity index (χ2n) is 2.85. The van der Waals surface area contributed by atoms with Crippen molar-refractivity contribution in [3.63, 3.8) is 0 Å². The van der Waals surface area contributed by atoms with Gasteiger partial charge in [0, 0.05) is 42.5 Å². The lowest BCUT2D eigenvalue weighted by molar-refractivity contribution is 0.629. The summed E-state index contributed by atoms with van der Waals surface area (Å²) < 4.78 is 0. The van der Waals surface area contributed by atoms with Crippen molar-refractivity contribution < 1.29 is 0 Å². The van der Waals surface area contributed by atoms with Crippen LogP contribution in [-0.4, -0.2) is 11.5 Å². The number of nitrogens with one attached hydrogen (secondary N) is 1. The Morgan fingerprint density at radius 2 is 2.50 bits per heavy atom. The third-order valence-corrected chi connectivity index (χ3v) is 2.14. The molecule has 0 bridgehead atoms. The molecular formula is C10H10N2. The van der Waals surface area contributed by atoms with Crippen LogP contribution >= 0.6 is 0 Å². The predicted octanol–water partition coefficient (Wildman–Crippen LogP) is 0.709. The van der Waals surface area contributed by atoms with E-state index in [4.69, 9.17) is 6.42 Å². The molecule has 60 valence electrons. The summed E-state index contributed by atoms with van der Waals surface area (Å²) in [5.41, 5.74) is 3.34. The second kappa shape index (κ2) is 2.96. The number of nitrogens with zero attached hydrogens (tertiary/aromatic N) is 1. The lowest BCUT2D eigenvalue weighted by Gasteiger charge is -2.16. The minimum absolute atomic E-state index is 0.864. The molecule has 0 radical (unpaired) electrons. The lowest BCUT2D eigenvalue weighted by Crippen LogP contribution is -2.25. The maximum Gasteiger partial charge on any atom is 0.0473 e. The monoisotopic (exact) mass is 158 g/mol. The van der Waals surface area contributed by atoms with E-state index in [1.807, 2.05) is 6.07 Å². The zero-order valence-corrected chi connectivity index (χ0v) is 6.80. The summed E-state index contributed by atoms with van der Waals surface area (Å²) in [7, 11) is 0. The molecule has 2 heteroatoms. The predicted molar refractivity (Wildman–Crippen MR) is 47.6 cm³/mol. The number of hydrogen-bond donors (Lipinski definition) is 1. The minimum atomic E-state index is 0.864. The van der Waals surface area contributed by atoms with Crippen molar-refractivity contribution in [2.24, 2.45) is 0 Å². The van der Waals surface area contributed by atoms with Crippen LogP contribution in [0, 0.1) is 12.3 Å². The van der Waals surface area contributed by atoms with E-state index in [-0.39, 0.29) is 0 Å². The van der Waals surface area contributed by atoms with E-state index in [2.05, 4.69) is 16.2 Å². The Morgan fingerprint density at radius 3 is 3.33 bits per heavy atom. The van der Waals surface area contributed by atoms with Gasteiger partial charge in [0.2, 0.25) is 0 Å². The van der Waals surface area contributed by atoms with Crippen LogP contribution in [0.4, 0.5) is 0 Å². The average molecular weight is 158 g/mol. The quantitative estimate of drug-likeness (QED) is 0.562. The molecule has 0 unspecified atom stereocenters. The third kappa shape index (κ3) is 1.09. The normalized spacial score (nSPS) is 14.9. The standard InChI is InChI=1S/C10H10N2/c1-2-8-3-6-12-10-4-5-11-7-9(8)10/h1,3,6,11H,4-5,7H2. The zero-order chi connectivity index (χ0) is 8.39. The first-order valence-corrected chi connectivity index (χ1v) is 4.06. The van der Waals surface area contributed by atoms with E-state index in [0.29, 0.717) is 0 Å². The van der Waals surface area contributed by atoms with Crippen LogP contribution in [0.5, 0.6) is 0 Å². The molecule has 0 fully saturated rings. The van der Waals surface area contributed by atoms with Crippen molar-refractivity contribution >= 4 is 0 Å². The fourth-order valence-corrected chi connectivity index (χ4v) is 1.50. The van der Waals surface area contributed by atoms with Crippen LogP contribution in [0.3, 0.4) is 0 Å². The Kier molecular flexibility index (Phi) is 1.81. The fraction of sp³-hybridized carbons (Fsp3) is 0.300. The van der Waals surface area contributed by atoms with Crippen molar-refractivity contribution in [2.75, 3.05) is 6.54 Å². The van der Waals surface area contributed by atoms with Crippen LogP contribution in [0.2, 0.25) is 0 Å². The lowest BCUT2D eigenvalue weighted by atomic mass is 10.0. The van der Waals surface area contributed by atoms with Gasteiger partial charge < -0.3 is 5.32 Å². The molecule has 1 aliphatic heterocycles. The van der Waals surface area contributed by atoms with Gasteiger partial charge in [0.15, 0.2) is 0 Å². The number of fused-ring (bicyclic) bond motifs is 1. The largest absolute Gasteiger partial charge is 0.312 e. The number of aromatic nitrogens is 1. The summed E-state index contributed by atoms with van der Waals surface area (Å²) in [6, 6.07) is 1.89. The molecule has 0 spiro atoms. The molecule has 0 aromatic carbocycles. The number of rotatable bonds is 0. The van der Waals surface area contributed by atoms with Gasteiger partial charge in [-0.1, -0.05) is 5.92 Å². The molecular weight excluding hydrogens is 148 g/mol. The van der Waals surface area contributed by atoms with Gasteiger partial charge in [0.25, 0.3) is 0 Å². The maximum absolute atomic E-state index is 5.37. The molecule has 2 heterocycles. The average Bonchev–Trinajstić information content (AvgIpc) is 2.17. The van der Waals surface area contributed by atoms with Crippen LogP contribution < -0.4 is 5.32 Å². The van der Waals surface area contributed by atoms with Gasteiger partial charge >= 0.3 is 0 Å². The minimum Gasteiger partial charge on any atom is -0.312 e. The third-order valence-electron chi connectivity index (χ3n) is 2.14. The molecule has 1 N–H and O–H groups in total. The molecule has 1 aromatic heterocycles. The molecule has 1 aliphatic rings. The van der Waals surface area contributed by atoms with Crippen molar-refractivity contribution in [1.29, 1.82) is 0 Å². The van der Waals surface area contributed by atoms with Gasteiger partial charge in [-0.2, -0.15) is 0 Å². The highest BCUT2D eigenvalue weighted by molar-refractivity contribution is 5.42. The first kappa shape index (κ1) is 7.33. The van der Waals surface area contributed by atoms with Gasteiger partial charge in [-0.3, -0.25) is 4.98 Å². The zero-order valence-electron chi connectivity index (χ0n) is 6.80. The highest BCUT2D eigenvalue weighted by atomic mass is 14.9. The first-order chi connectivity index (χ1) is 5.92. The molecule has 0 saturated heterocycles. The molecule has 0 saturated carbocycles. The molecule has 0 aliphatic carbocycles. The second-order valence-corrected chi connectivity index (χ2v) is 2.85. The van der Waals surface area contributed by atoms with Crippen LogP contribution in [0.1, 0.15) is 16.8 Å². The van der Waals surface area contributed by atoms with Crippen molar-refractivity contribution in [2.45, 2.75) is 13.0 Å². The van der Waals surface area contributed by atoms with Gasteiger partial charge in [-0.25, -0.2) is 0 Å². The van der Waals surface area contributed by atoms with E-state index in [0.717, 1.165) is 30.8 Å². The van der Waals surface area contributed by atoms with Crippen molar-refractivity contribution in [1.82, 2.24) is 10.3 Å². The van der Waals surface area contributed by atoms with Crippen LogP contribution in [-0.2, 0) is 13.0 Å². The Bertz CT molecular complexity index is 336. The number of hydrogen-bond acceptors (Lipinski definition) is 2. The first-order valence-electron chi connectivity index (χ1n) is 4.06. The van der Waals surface area contributed by atoms with E-state index in [9.17, 15) is 0 Å². The summed E-state index contributed by atoms with van der Waals surface area (Å²) >= 11 is 0. The van der Waals surface area contributed by atoms with Gasteiger partial charge in [0.1, 0.15) is 0 Å². The summed E-state index contributed by atoms with van der Waals surface area (Å²) in [5.74, 6) is 2.68. The smallest absolute Gasteiger partial charge is 0.0473 e. The topological polar surface area (TPSA) is 24.9 Å². The molecule has 0 atom stereocenters. The molecule has 2 rings (SSSR count). The van der Waals surface area contributed by atoms with Crippen molar-refractivity contribution in [3.8, 4) is 12.3 Å².